The Morgan fingerprint density at radius 2 is 2.31 bits per heavy atom. The van der Waals surface area contributed by atoms with Gasteiger partial charge >= 0.3 is 0 Å². The van der Waals surface area contributed by atoms with Crippen molar-refractivity contribution in [2.75, 3.05) is 19.6 Å². The smallest absolute Gasteiger partial charge is 0.228 e. The molecule has 0 radical (unpaired) electrons. The number of nitrogens with zero attached hydrogens (tertiary/aromatic N) is 4. The number of azide groups is 1. The highest BCUT2D eigenvalue weighted by Crippen LogP contribution is 1.96. The van der Waals surface area contributed by atoms with E-state index in [0.29, 0.717) is 13.1 Å². The van der Waals surface area contributed by atoms with E-state index >= 15 is 0 Å². The average molecular weight is 182 g/mol. The first-order valence-corrected chi connectivity index (χ1v) is 4.04. The molecule has 72 valence electrons. The maximum Gasteiger partial charge on any atom is 0.228 e. The Morgan fingerprint density at radius 1 is 1.69 bits per heavy atom. The molecule has 0 rings (SSSR count). The van der Waals surface area contributed by atoms with Gasteiger partial charge in [0.05, 0.1) is 0 Å². The summed E-state index contributed by atoms with van der Waals surface area (Å²) in [4.78, 5) is 15.4. The molecule has 1 amide bonds. The summed E-state index contributed by atoms with van der Waals surface area (Å²) >= 11 is 0. The van der Waals surface area contributed by atoms with Gasteiger partial charge < -0.3 is 4.90 Å². The van der Waals surface area contributed by atoms with Crippen LogP contribution in [0.5, 0.6) is 0 Å². The van der Waals surface area contributed by atoms with Crippen molar-refractivity contribution in [2.24, 2.45) is 5.11 Å². The van der Waals surface area contributed by atoms with Crippen molar-refractivity contribution in [1.82, 2.24) is 4.90 Å². The highest BCUT2D eigenvalue weighted by atomic mass is 16.2. The molecule has 0 bridgehead atoms. The standard InChI is InChI=1S/C8H14N4O/c1-4-12(6-7(2)3)8(13)5-10-11-9/h2,4-6H2,1,3H3. The van der Waals surface area contributed by atoms with E-state index in [2.05, 4.69) is 16.6 Å². The molecule has 0 N–H and O–H groups in total. The van der Waals surface area contributed by atoms with Crippen LogP contribution in [-0.4, -0.2) is 30.4 Å². The second kappa shape index (κ2) is 6.08. The molecule has 0 fully saturated rings. The van der Waals surface area contributed by atoms with Crippen molar-refractivity contribution in [3.05, 3.63) is 22.6 Å². The van der Waals surface area contributed by atoms with E-state index < -0.39 is 0 Å². The summed E-state index contributed by atoms with van der Waals surface area (Å²) in [5.74, 6) is -0.164. The number of likely N-dealkylation sites (N-methyl/N-ethyl adjacent to an activating group) is 1. The number of rotatable bonds is 5. The molecule has 0 heterocycles. The van der Waals surface area contributed by atoms with E-state index in [4.69, 9.17) is 5.53 Å². The Bertz CT molecular complexity index is 243. The van der Waals surface area contributed by atoms with Crippen molar-refractivity contribution in [3.63, 3.8) is 0 Å². The van der Waals surface area contributed by atoms with Crippen LogP contribution in [0.3, 0.4) is 0 Å². The zero-order valence-corrected chi connectivity index (χ0v) is 8.03. The normalized spacial score (nSPS) is 8.77. The van der Waals surface area contributed by atoms with Gasteiger partial charge in [0.15, 0.2) is 0 Å². The number of carbonyl (C=O) groups excluding carboxylic acids is 1. The molecular weight excluding hydrogens is 168 g/mol. The minimum absolute atomic E-state index is 0.113. The van der Waals surface area contributed by atoms with Gasteiger partial charge in [-0.15, -0.1) is 0 Å². The molecule has 0 aromatic heterocycles. The van der Waals surface area contributed by atoms with Gasteiger partial charge in [0.25, 0.3) is 0 Å². The predicted molar refractivity (Wildman–Crippen MR) is 51.1 cm³/mol. The highest BCUT2D eigenvalue weighted by Gasteiger charge is 2.09. The molecular formula is C8H14N4O. The van der Waals surface area contributed by atoms with Crippen LogP contribution in [0.2, 0.25) is 0 Å². The molecule has 0 unspecified atom stereocenters. The second-order valence-corrected chi connectivity index (χ2v) is 2.75. The first kappa shape index (κ1) is 11.5. The van der Waals surface area contributed by atoms with Crippen LogP contribution in [0.25, 0.3) is 10.4 Å². The SMILES string of the molecule is C=C(C)CN(CC)C(=O)CN=[N+]=[N-]. The minimum atomic E-state index is -0.164. The fourth-order valence-electron chi connectivity index (χ4n) is 0.894. The zero-order chi connectivity index (χ0) is 10.3. The van der Waals surface area contributed by atoms with E-state index in [1.54, 1.807) is 4.90 Å². The predicted octanol–water partition coefficient (Wildman–Crippen LogP) is 1.72. The summed E-state index contributed by atoms with van der Waals surface area (Å²) in [7, 11) is 0. The van der Waals surface area contributed by atoms with Crippen molar-refractivity contribution in [2.45, 2.75) is 13.8 Å². The lowest BCUT2D eigenvalue weighted by molar-refractivity contribution is -0.129. The third-order valence-electron chi connectivity index (χ3n) is 1.46. The minimum Gasteiger partial charge on any atom is -0.339 e. The fraction of sp³-hybridized carbons (Fsp3) is 0.625. The van der Waals surface area contributed by atoms with Crippen LogP contribution in [-0.2, 0) is 4.79 Å². The molecule has 0 saturated carbocycles. The topological polar surface area (TPSA) is 69.1 Å². The molecule has 0 aliphatic rings. The van der Waals surface area contributed by atoms with E-state index in [1.807, 2.05) is 13.8 Å². The van der Waals surface area contributed by atoms with E-state index in [0.717, 1.165) is 5.57 Å². The van der Waals surface area contributed by atoms with Gasteiger partial charge in [0, 0.05) is 18.0 Å². The molecule has 0 atom stereocenters. The molecule has 0 aliphatic carbocycles. The first-order valence-electron chi connectivity index (χ1n) is 4.04. The van der Waals surface area contributed by atoms with Crippen LogP contribution in [0.15, 0.2) is 17.3 Å². The van der Waals surface area contributed by atoms with Crippen molar-refractivity contribution < 1.29 is 4.79 Å². The molecule has 0 aliphatic heterocycles. The van der Waals surface area contributed by atoms with E-state index in [9.17, 15) is 4.79 Å². The Balaban J connectivity index is 4.14. The number of hydrogen-bond donors (Lipinski definition) is 0. The molecule has 0 aromatic carbocycles. The molecule has 5 nitrogen and oxygen atoms in total. The van der Waals surface area contributed by atoms with Crippen LogP contribution < -0.4 is 0 Å². The van der Waals surface area contributed by atoms with Gasteiger partial charge in [-0.2, -0.15) is 0 Å². The Morgan fingerprint density at radius 3 is 2.69 bits per heavy atom. The molecule has 0 saturated heterocycles. The second-order valence-electron chi connectivity index (χ2n) is 2.75. The third kappa shape index (κ3) is 4.87. The van der Waals surface area contributed by atoms with Crippen molar-refractivity contribution in [3.8, 4) is 0 Å². The summed E-state index contributed by atoms with van der Waals surface area (Å²) in [6, 6.07) is 0. The fourth-order valence-corrected chi connectivity index (χ4v) is 0.894. The number of carbonyl (C=O) groups is 1. The first-order chi connectivity index (χ1) is 6.11. The Kier molecular flexibility index (Phi) is 5.39. The number of hydrogen-bond acceptors (Lipinski definition) is 2. The van der Waals surface area contributed by atoms with Gasteiger partial charge in [-0.3, -0.25) is 4.79 Å². The Labute approximate surface area is 77.7 Å². The summed E-state index contributed by atoms with van der Waals surface area (Å²) in [5.41, 5.74) is 8.93. The summed E-state index contributed by atoms with van der Waals surface area (Å²) in [6.45, 7) is 8.45. The summed E-state index contributed by atoms with van der Waals surface area (Å²) in [6.07, 6.45) is 0. The highest BCUT2D eigenvalue weighted by molar-refractivity contribution is 5.78. The van der Waals surface area contributed by atoms with Gasteiger partial charge in [-0.05, 0) is 19.4 Å². The van der Waals surface area contributed by atoms with Gasteiger partial charge in [-0.25, -0.2) is 0 Å². The van der Waals surface area contributed by atoms with E-state index in [-0.39, 0.29) is 12.5 Å². The monoisotopic (exact) mass is 182 g/mol. The quantitative estimate of drug-likeness (QED) is 0.276. The van der Waals surface area contributed by atoms with Crippen molar-refractivity contribution >= 4 is 5.91 Å². The van der Waals surface area contributed by atoms with Gasteiger partial charge in [0.2, 0.25) is 5.91 Å². The van der Waals surface area contributed by atoms with Gasteiger partial charge in [-0.1, -0.05) is 17.3 Å². The maximum atomic E-state index is 11.3. The number of amides is 1. The van der Waals surface area contributed by atoms with Crippen LogP contribution in [0.1, 0.15) is 13.8 Å². The third-order valence-corrected chi connectivity index (χ3v) is 1.46. The lowest BCUT2D eigenvalue weighted by atomic mass is 10.3. The lowest BCUT2D eigenvalue weighted by Gasteiger charge is -2.19. The molecule has 5 heteroatoms. The molecule has 0 aromatic rings. The van der Waals surface area contributed by atoms with Crippen LogP contribution in [0, 0.1) is 0 Å². The summed E-state index contributed by atoms with van der Waals surface area (Å²) < 4.78 is 0. The average Bonchev–Trinajstić information content (AvgIpc) is 2.09. The van der Waals surface area contributed by atoms with Crippen molar-refractivity contribution in [1.29, 1.82) is 0 Å². The molecule has 13 heavy (non-hydrogen) atoms. The lowest BCUT2D eigenvalue weighted by Crippen LogP contribution is -2.33. The van der Waals surface area contributed by atoms with Crippen LogP contribution in [0.4, 0.5) is 0 Å². The largest absolute Gasteiger partial charge is 0.339 e. The summed E-state index contributed by atoms with van der Waals surface area (Å²) in [5, 5.41) is 3.21. The van der Waals surface area contributed by atoms with Crippen LogP contribution >= 0.6 is 0 Å². The van der Waals surface area contributed by atoms with Gasteiger partial charge in [0.1, 0.15) is 6.54 Å². The molecule has 0 spiro atoms. The Hall–Kier alpha value is -1.48. The maximum absolute atomic E-state index is 11.3. The van der Waals surface area contributed by atoms with E-state index in [1.165, 1.54) is 0 Å². The zero-order valence-electron chi connectivity index (χ0n) is 8.03.